The highest BCUT2D eigenvalue weighted by molar-refractivity contribution is 5.77. The predicted molar refractivity (Wildman–Crippen MR) is 64.4 cm³/mol. The van der Waals surface area contributed by atoms with Gasteiger partial charge in [0, 0.05) is 12.6 Å². The summed E-state index contributed by atoms with van der Waals surface area (Å²) in [6.07, 6.45) is 3.50. The molecule has 0 aromatic carbocycles. The molecule has 0 unspecified atom stereocenters. The molecule has 0 aromatic heterocycles. The van der Waals surface area contributed by atoms with Crippen LogP contribution in [-0.2, 0) is 9.53 Å². The second-order valence-corrected chi connectivity index (χ2v) is 5.33. The zero-order chi connectivity index (χ0) is 12.0. The molecule has 0 aliphatic carbocycles. The van der Waals surface area contributed by atoms with Crippen molar-refractivity contribution >= 4 is 5.91 Å². The first-order valence-electron chi connectivity index (χ1n) is 6.11. The van der Waals surface area contributed by atoms with Crippen LogP contribution in [0.3, 0.4) is 0 Å². The zero-order valence-electron chi connectivity index (χ0n) is 10.6. The summed E-state index contributed by atoms with van der Waals surface area (Å²) >= 11 is 0. The molecule has 1 aliphatic heterocycles. The van der Waals surface area contributed by atoms with Gasteiger partial charge in [-0.15, -0.1) is 0 Å². The predicted octanol–water partition coefficient (Wildman–Crippen LogP) is 1.06. The van der Waals surface area contributed by atoms with Gasteiger partial charge in [-0.1, -0.05) is 0 Å². The Labute approximate surface area is 98.1 Å². The summed E-state index contributed by atoms with van der Waals surface area (Å²) in [6, 6.07) is 0.587. The molecule has 4 heteroatoms. The molecule has 1 rings (SSSR count). The second-order valence-electron chi connectivity index (χ2n) is 5.33. The lowest BCUT2D eigenvalue weighted by molar-refractivity contribution is -0.130. The number of ether oxygens (including phenoxy) is 1. The van der Waals surface area contributed by atoms with E-state index in [4.69, 9.17) is 4.74 Å². The molecular formula is C12H24N2O2. The topological polar surface area (TPSA) is 50.4 Å². The summed E-state index contributed by atoms with van der Waals surface area (Å²) in [5.41, 5.74) is -0.246. The lowest BCUT2D eigenvalue weighted by Gasteiger charge is -2.19. The lowest BCUT2D eigenvalue weighted by atomic mass is 10.1. The molecule has 16 heavy (non-hydrogen) atoms. The molecule has 1 heterocycles. The van der Waals surface area contributed by atoms with Crippen molar-refractivity contribution < 1.29 is 9.53 Å². The van der Waals surface area contributed by atoms with Gasteiger partial charge in [0.2, 0.25) is 5.91 Å². The zero-order valence-corrected chi connectivity index (χ0v) is 10.6. The summed E-state index contributed by atoms with van der Waals surface area (Å²) in [4.78, 5) is 11.4. The van der Waals surface area contributed by atoms with Gasteiger partial charge >= 0.3 is 0 Å². The van der Waals surface area contributed by atoms with Crippen LogP contribution in [0.5, 0.6) is 0 Å². The summed E-state index contributed by atoms with van der Waals surface area (Å²) in [5, 5.41) is 6.28. The molecule has 1 saturated heterocycles. The van der Waals surface area contributed by atoms with Gasteiger partial charge in [-0.05, 0) is 46.6 Å². The quantitative estimate of drug-likeness (QED) is 0.740. The fourth-order valence-electron chi connectivity index (χ4n) is 1.72. The van der Waals surface area contributed by atoms with Gasteiger partial charge < -0.3 is 15.4 Å². The van der Waals surface area contributed by atoms with Crippen molar-refractivity contribution in [3.05, 3.63) is 0 Å². The first kappa shape index (κ1) is 13.5. The fourth-order valence-corrected chi connectivity index (χ4v) is 1.72. The maximum atomic E-state index is 11.4. The molecule has 0 bridgehead atoms. The first-order chi connectivity index (χ1) is 7.47. The summed E-state index contributed by atoms with van der Waals surface area (Å²) in [5.74, 6) is -0.0204. The van der Waals surface area contributed by atoms with E-state index in [2.05, 4.69) is 10.6 Å². The molecule has 0 saturated carbocycles. The van der Waals surface area contributed by atoms with E-state index >= 15 is 0 Å². The smallest absolute Gasteiger partial charge is 0.246 e. The minimum atomic E-state index is -0.246. The summed E-state index contributed by atoms with van der Waals surface area (Å²) < 4.78 is 5.39. The third-order valence-electron chi connectivity index (χ3n) is 2.61. The van der Waals surface area contributed by atoms with Gasteiger partial charge in [0.15, 0.2) is 0 Å². The Kier molecular flexibility index (Phi) is 5.22. The molecule has 4 nitrogen and oxygen atoms in total. The van der Waals surface area contributed by atoms with Crippen LogP contribution in [0.2, 0.25) is 0 Å². The molecule has 1 amide bonds. The van der Waals surface area contributed by atoms with Crippen LogP contribution >= 0.6 is 0 Å². The highest BCUT2D eigenvalue weighted by Crippen LogP contribution is 2.08. The van der Waals surface area contributed by atoms with E-state index in [9.17, 15) is 4.79 Å². The molecule has 94 valence electrons. The average Bonchev–Trinajstić information content (AvgIpc) is 2.66. The molecule has 1 aliphatic rings. The third kappa shape index (κ3) is 6.08. The number of hydrogen-bond donors (Lipinski definition) is 2. The lowest BCUT2D eigenvalue weighted by Crippen LogP contribution is -2.35. The number of carbonyl (C=O) groups is 1. The SMILES string of the molecule is CC(C)(C)OCC(=O)NCC[C@H]1CCCN1. The Hall–Kier alpha value is -0.610. The molecule has 0 aromatic rings. The van der Waals surface area contributed by atoms with Crippen LogP contribution in [0.1, 0.15) is 40.0 Å². The summed E-state index contributed by atoms with van der Waals surface area (Å²) in [7, 11) is 0. The Balaban J connectivity index is 2.01. The number of carbonyl (C=O) groups excluding carboxylic acids is 1. The van der Waals surface area contributed by atoms with Crippen molar-refractivity contribution in [2.75, 3.05) is 19.7 Å². The number of hydrogen-bond acceptors (Lipinski definition) is 3. The van der Waals surface area contributed by atoms with Crippen molar-refractivity contribution in [3.63, 3.8) is 0 Å². The summed E-state index contributed by atoms with van der Waals surface area (Å²) in [6.45, 7) is 7.85. The Morgan fingerprint density at radius 1 is 1.50 bits per heavy atom. The average molecular weight is 228 g/mol. The van der Waals surface area contributed by atoms with E-state index in [1.165, 1.54) is 12.8 Å². The molecule has 2 N–H and O–H groups in total. The van der Waals surface area contributed by atoms with Crippen molar-refractivity contribution in [1.82, 2.24) is 10.6 Å². The van der Waals surface area contributed by atoms with E-state index in [-0.39, 0.29) is 18.1 Å². The minimum Gasteiger partial charge on any atom is -0.366 e. The van der Waals surface area contributed by atoms with Crippen molar-refractivity contribution in [3.8, 4) is 0 Å². The number of nitrogens with one attached hydrogen (secondary N) is 2. The number of rotatable bonds is 5. The third-order valence-corrected chi connectivity index (χ3v) is 2.61. The highest BCUT2D eigenvalue weighted by atomic mass is 16.5. The first-order valence-corrected chi connectivity index (χ1v) is 6.11. The van der Waals surface area contributed by atoms with Crippen LogP contribution in [0.4, 0.5) is 0 Å². The Morgan fingerprint density at radius 3 is 2.81 bits per heavy atom. The number of amides is 1. The molecule has 1 atom stereocenters. The van der Waals surface area contributed by atoms with Gasteiger partial charge in [-0.2, -0.15) is 0 Å². The largest absolute Gasteiger partial charge is 0.366 e. The van der Waals surface area contributed by atoms with Gasteiger partial charge in [0.05, 0.1) is 5.60 Å². The minimum absolute atomic E-state index is 0.0204. The van der Waals surface area contributed by atoms with Crippen molar-refractivity contribution in [1.29, 1.82) is 0 Å². The van der Waals surface area contributed by atoms with Crippen molar-refractivity contribution in [2.24, 2.45) is 0 Å². The van der Waals surface area contributed by atoms with Crippen LogP contribution < -0.4 is 10.6 Å². The van der Waals surface area contributed by atoms with Crippen LogP contribution in [0.15, 0.2) is 0 Å². The fraction of sp³-hybridized carbons (Fsp3) is 0.917. The highest BCUT2D eigenvalue weighted by Gasteiger charge is 2.15. The molecule has 0 radical (unpaired) electrons. The molecular weight excluding hydrogens is 204 g/mol. The van der Waals surface area contributed by atoms with Crippen LogP contribution in [-0.4, -0.2) is 37.2 Å². The maximum Gasteiger partial charge on any atom is 0.246 e. The van der Waals surface area contributed by atoms with Gasteiger partial charge in [-0.25, -0.2) is 0 Å². The molecule has 0 spiro atoms. The van der Waals surface area contributed by atoms with Gasteiger partial charge in [0.1, 0.15) is 6.61 Å². The molecule has 1 fully saturated rings. The standard InChI is InChI=1S/C12H24N2O2/c1-12(2,3)16-9-11(15)14-8-6-10-5-4-7-13-10/h10,13H,4-9H2,1-3H3,(H,14,15)/t10-/m1/s1. The van der Waals surface area contributed by atoms with Crippen molar-refractivity contribution in [2.45, 2.75) is 51.7 Å². The second kappa shape index (κ2) is 6.21. The Bertz CT molecular complexity index is 218. The van der Waals surface area contributed by atoms with E-state index in [0.717, 1.165) is 19.5 Å². The Morgan fingerprint density at radius 2 is 2.25 bits per heavy atom. The van der Waals surface area contributed by atoms with E-state index in [1.807, 2.05) is 20.8 Å². The van der Waals surface area contributed by atoms with Gasteiger partial charge in [-0.3, -0.25) is 4.79 Å². The van der Waals surface area contributed by atoms with E-state index in [1.54, 1.807) is 0 Å². The van der Waals surface area contributed by atoms with Gasteiger partial charge in [0.25, 0.3) is 0 Å². The van der Waals surface area contributed by atoms with E-state index in [0.29, 0.717) is 6.04 Å². The van der Waals surface area contributed by atoms with Crippen LogP contribution in [0.25, 0.3) is 0 Å². The maximum absolute atomic E-state index is 11.4. The normalized spacial score (nSPS) is 21.1. The van der Waals surface area contributed by atoms with Crippen LogP contribution in [0, 0.1) is 0 Å². The van der Waals surface area contributed by atoms with E-state index < -0.39 is 0 Å². The monoisotopic (exact) mass is 228 g/mol.